The second-order valence-corrected chi connectivity index (χ2v) is 4.83. The molecule has 0 saturated carbocycles. The van der Waals surface area contributed by atoms with Gasteiger partial charge in [-0.3, -0.25) is 9.48 Å². The second-order valence-electron chi connectivity index (χ2n) is 4.83. The lowest BCUT2D eigenvalue weighted by molar-refractivity contribution is 0.0452. The number of aromatic nitrogens is 2. The molecule has 1 aliphatic heterocycles. The van der Waals surface area contributed by atoms with Gasteiger partial charge in [0.15, 0.2) is 0 Å². The number of rotatable bonds is 2. The highest BCUT2D eigenvalue weighted by Gasteiger charge is 2.38. The van der Waals surface area contributed by atoms with Crippen molar-refractivity contribution in [2.24, 2.45) is 12.8 Å². The summed E-state index contributed by atoms with van der Waals surface area (Å²) in [4.78, 5) is 13.9. The van der Waals surface area contributed by atoms with Crippen LogP contribution in [-0.2, 0) is 13.5 Å². The molecule has 1 amide bonds. The van der Waals surface area contributed by atoms with Crippen LogP contribution in [0.5, 0.6) is 0 Å². The molecule has 5 heteroatoms. The van der Waals surface area contributed by atoms with Crippen molar-refractivity contribution in [2.45, 2.75) is 25.8 Å². The van der Waals surface area contributed by atoms with Gasteiger partial charge in [0, 0.05) is 31.9 Å². The topological polar surface area (TPSA) is 64.2 Å². The minimum absolute atomic E-state index is 0.0490. The first-order valence-corrected chi connectivity index (χ1v) is 5.53. The Labute approximate surface area is 95.2 Å². The third-order valence-corrected chi connectivity index (χ3v) is 2.86. The van der Waals surface area contributed by atoms with E-state index in [1.165, 1.54) is 0 Å². The molecule has 0 aliphatic carbocycles. The second kappa shape index (κ2) is 3.59. The fourth-order valence-electron chi connectivity index (χ4n) is 2.11. The van der Waals surface area contributed by atoms with Crippen molar-refractivity contribution in [2.75, 3.05) is 13.1 Å². The van der Waals surface area contributed by atoms with E-state index in [4.69, 9.17) is 5.73 Å². The SMILES string of the molecule is CCc1nn(C)cc1C(=O)N1CC(C)(N)C1. The number of hydrogen-bond donors (Lipinski definition) is 1. The number of aryl methyl sites for hydroxylation is 2. The molecule has 1 fully saturated rings. The Morgan fingerprint density at radius 1 is 1.62 bits per heavy atom. The molecular formula is C11H18N4O. The molecule has 1 aromatic heterocycles. The van der Waals surface area contributed by atoms with Crippen LogP contribution in [0.3, 0.4) is 0 Å². The number of carbonyl (C=O) groups excluding carboxylic acids is 1. The van der Waals surface area contributed by atoms with E-state index in [1.54, 1.807) is 15.8 Å². The maximum absolute atomic E-state index is 12.1. The molecule has 0 unspecified atom stereocenters. The van der Waals surface area contributed by atoms with Crippen LogP contribution in [0.15, 0.2) is 6.20 Å². The van der Waals surface area contributed by atoms with E-state index in [2.05, 4.69) is 5.10 Å². The summed E-state index contributed by atoms with van der Waals surface area (Å²) in [7, 11) is 1.83. The molecule has 5 nitrogen and oxygen atoms in total. The first-order valence-electron chi connectivity index (χ1n) is 5.53. The van der Waals surface area contributed by atoms with Crippen molar-refractivity contribution < 1.29 is 4.79 Å². The van der Waals surface area contributed by atoms with Crippen LogP contribution in [0.2, 0.25) is 0 Å². The minimum Gasteiger partial charge on any atom is -0.335 e. The van der Waals surface area contributed by atoms with E-state index in [0.29, 0.717) is 18.7 Å². The fraction of sp³-hybridized carbons (Fsp3) is 0.636. The lowest BCUT2D eigenvalue weighted by Crippen LogP contribution is -2.66. The molecule has 2 heterocycles. The lowest BCUT2D eigenvalue weighted by Gasteiger charge is -2.45. The van der Waals surface area contributed by atoms with Gasteiger partial charge in [-0.1, -0.05) is 6.92 Å². The van der Waals surface area contributed by atoms with Crippen LogP contribution in [0.1, 0.15) is 29.9 Å². The predicted octanol–water partition coefficient (Wildman–Crippen LogP) is 0.156. The van der Waals surface area contributed by atoms with Gasteiger partial charge in [-0.2, -0.15) is 5.10 Å². The number of nitrogens with two attached hydrogens (primary N) is 1. The maximum atomic E-state index is 12.1. The lowest BCUT2D eigenvalue weighted by atomic mass is 9.93. The third-order valence-electron chi connectivity index (χ3n) is 2.86. The van der Waals surface area contributed by atoms with Crippen LogP contribution < -0.4 is 5.73 Å². The smallest absolute Gasteiger partial charge is 0.257 e. The van der Waals surface area contributed by atoms with Crippen molar-refractivity contribution in [3.63, 3.8) is 0 Å². The average molecular weight is 222 g/mol. The molecular weight excluding hydrogens is 204 g/mol. The Kier molecular flexibility index (Phi) is 2.50. The van der Waals surface area contributed by atoms with E-state index in [0.717, 1.165) is 12.1 Å². The number of carbonyl (C=O) groups is 1. The van der Waals surface area contributed by atoms with Gasteiger partial charge in [-0.15, -0.1) is 0 Å². The molecule has 0 bridgehead atoms. The quantitative estimate of drug-likeness (QED) is 0.775. The zero-order chi connectivity index (χ0) is 11.9. The Bertz CT molecular complexity index is 414. The third kappa shape index (κ3) is 1.82. The summed E-state index contributed by atoms with van der Waals surface area (Å²) in [5, 5.41) is 4.27. The van der Waals surface area contributed by atoms with Crippen molar-refractivity contribution in [1.29, 1.82) is 0 Å². The maximum Gasteiger partial charge on any atom is 0.257 e. The molecule has 1 saturated heterocycles. The molecule has 2 rings (SSSR count). The fourth-order valence-corrected chi connectivity index (χ4v) is 2.11. The van der Waals surface area contributed by atoms with Gasteiger partial charge in [0.25, 0.3) is 5.91 Å². The van der Waals surface area contributed by atoms with Crippen LogP contribution in [0.4, 0.5) is 0 Å². The Hall–Kier alpha value is -1.36. The zero-order valence-electron chi connectivity index (χ0n) is 10.0. The summed E-state index contributed by atoms with van der Waals surface area (Å²) in [5.41, 5.74) is 7.24. The average Bonchev–Trinajstić information content (AvgIpc) is 2.54. The molecule has 0 spiro atoms. The molecule has 0 radical (unpaired) electrons. The molecule has 0 atom stereocenters. The highest BCUT2D eigenvalue weighted by atomic mass is 16.2. The largest absolute Gasteiger partial charge is 0.335 e. The zero-order valence-corrected chi connectivity index (χ0v) is 10.0. The predicted molar refractivity (Wildman–Crippen MR) is 61.1 cm³/mol. The van der Waals surface area contributed by atoms with Gasteiger partial charge in [-0.05, 0) is 13.3 Å². The van der Waals surface area contributed by atoms with Crippen molar-refractivity contribution in [3.05, 3.63) is 17.5 Å². The monoisotopic (exact) mass is 222 g/mol. The van der Waals surface area contributed by atoms with Crippen LogP contribution in [0, 0.1) is 0 Å². The molecule has 2 N–H and O–H groups in total. The number of nitrogens with zero attached hydrogens (tertiary/aromatic N) is 3. The summed E-state index contributed by atoms with van der Waals surface area (Å²) in [6.45, 7) is 5.22. The Balaban J connectivity index is 2.15. The highest BCUT2D eigenvalue weighted by Crippen LogP contribution is 2.21. The van der Waals surface area contributed by atoms with Crippen LogP contribution in [-0.4, -0.2) is 39.2 Å². The summed E-state index contributed by atoms with van der Waals surface area (Å²) < 4.78 is 1.69. The molecule has 1 aliphatic rings. The normalized spacial score (nSPS) is 18.4. The van der Waals surface area contributed by atoms with Crippen molar-refractivity contribution in [3.8, 4) is 0 Å². The highest BCUT2D eigenvalue weighted by molar-refractivity contribution is 5.95. The number of hydrogen-bond acceptors (Lipinski definition) is 3. The van der Waals surface area contributed by atoms with Gasteiger partial charge >= 0.3 is 0 Å². The van der Waals surface area contributed by atoms with E-state index in [9.17, 15) is 4.79 Å². The summed E-state index contributed by atoms with van der Waals surface area (Å²) in [5.74, 6) is 0.0490. The van der Waals surface area contributed by atoms with Crippen molar-refractivity contribution in [1.82, 2.24) is 14.7 Å². The first kappa shape index (κ1) is 11.1. The van der Waals surface area contributed by atoms with Crippen molar-refractivity contribution >= 4 is 5.91 Å². The minimum atomic E-state index is -0.218. The van der Waals surface area contributed by atoms with E-state index in [-0.39, 0.29) is 11.4 Å². The van der Waals surface area contributed by atoms with Gasteiger partial charge in [0.1, 0.15) is 0 Å². The van der Waals surface area contributed by atoms with E-state index >= 15 is 0 Å². The van der Waals surface area contributed by atoms with Crippen LogP contribution >= 0.6 is 0 Å². The summed E-state index contributed by atoms with van der Waals surface area (Å²) >= 11 is 0. The molecule has 0 aromatic carbocycles. The van der Waals surface area contributed by atoms with Gasteiger partial charge in [0.2, 0.25) is 0 Å². The molecule has 1 aromatic rings. The first-order chi connectivity index (χ1) is 7.43. The molecule has 16 heavy (non-hydrogen) atoms. The van der Waals surface area contributed by atoms with E-state index in [1.807, 2.05) is 20.9 Å². The Morgan fingerprint density at radius 3 is 2.75 bits per heavy atom. The van der Waals surface area contributed by atoms with E-state index < -0.39 is 0 Å². The van der Waals surface area contributed by atoms with Gasteiger partial charge in [0.05, 0.1) is 11.3 Å². The van der Waals surface area contributed by atoms with Crippen LogP contribution in [0.25, 0.3) is 0 Å². The standard InChI is InChI=1S/C11H18N4O/c1-4-9-8(5-14(3)13-9)10(16)15-6-11(2,12)7-15/h5H,4,6-7,12H2,1-3H3. The summed E-state index contributed by atoms with van der Waals surface area (Å²) in [6, 6.07) is 0. The van der Waals surface area contributed by atoms with Gasteiger partial charge in [-0.25, -0.2) is 0 Å². The molecule has 88 valence electrons. The number of amides is 1. The number of likely N-dealkylation sites (tertiary alicyclic amines) is 1. The van der Waals surface area contributed by atoms with Gasteiger partial charge < -0.3 is 10.6 Å². The summed E-state index contributed by atoms with van der Waals surface area (Å²) in [6.07, 6.45) is 2.56. The Morgan fingerprint density at radius 2 is 2.25 bits per heavy atom.